The first-order valence-corrected chi connectivity index (χ1v) is 15.9. The summed E-state index contributed by atoms with van der Waals surface area (Å²) < 4.78 is 17.3. The zero-order chi connectivity index (χ0) is 33.1. The molecule has 3 aromatic rings. The third kappa shape index (κ3) is 8.99. The van der Waals surface area contributed by atoms with E-state index >= 15 is 0 Å². The first-order chi connectivity index (χ1) is 22.2. The molecule has 2 amide bonds. The molecule has 11 nitrogen and oxygen atoms in total. The van der Waals surface area contributed by atoms with Crippen LogP contribution in [0.2, 0.25) is 0 Å². The Balaban J connectivity index is 1.45. The van der Waals surface area contributed by atoms with Gasteiger partial charge in [-0.15, -0.1) is 0 Å². The van der Waals surface area contributed by atoms with Crippen LogP contribution in [0.3, 0.4) is 0 Å². The van der Waals surface area contributed by atoms with Crippen molar-refractivity contribution in [2.45, 2.75) is 37.3 Å². The van der Waals surface area contributed by atoms with Gasteiger partial charge in [-0.3, -0.25) is 9.79 Å². The molecule has 0 fully saturated rings. The summed E-state index contributed by atoms with van der Waals surface area (Å²) in [6.45, 7) is 4.32. The Morgan fingerprint density at radius 3 is 2.46 bits per heavy atom. The van der Waals surface area contributed by atoms with E-state index < -0.39 is 30.1 Å². The van der Waals surface area contributed by atoms with Gasteiger partial charge in [0, 0.05) is 22.5 Å². The van der Waals surface area contributed by atoms with Gasteiger partial charge in [-0.1, -0.05) is 61.2 Å². The molecule has 12 heteroatoms. The van der Waals surface area contributed by atoms with E-state index in [0.717, 1.165) is 31.4 Å². The van der Waals surface area contributed by atoms with Gasteiger partial charge in [0.15, 0.2) is 5.96 Å². The van der Waals surface area contributed by atoms with Gasteiger partial charge in [-0.25, -0.2) is 9.59 Å². The Morgan fingerprint density at radius 2 is 1.74 bits per heavy atom. The highest BCUT2D eigenvalue weighted by Gasteiger charge is 2.32. The van der Waals surface area contributed by atoms with Crippen LogP contribution in [0.5, 0.6) is 5.75 Å². The minimum atomic E-state index is -1.04. The minimum absolute atomic E-state index is 0.0770. The number of nitrogens with one attached hydrogen (secondary N) is 2. The zero-order valence-electron chi connectivity index (χ0n) is 25.5. The normalized spacial score (nSPS) is 14.1. The van der Waals surface area contributed by atoms with Crippen molar-refractivity contribution in [2.75, 3.05) is 26.9 Å². The molecule has 0 spiro atoms. The highest BCUT2D eigenvalue weighted by Crippen LogP contribution is 2.46. The Labute approximate surface area is 281 Å². The number of fused-ring (bicyclic) bond motifs is 3. The molecule has 46 heavy (non-hydrogen) atoms. The van der Waals surface area contributed by atoms with Crippen molar-refractivity contribution in [3.8, 4) is 16.9 Å². The summed E-state index contributed by atoms with van der Waals surface area (Å²) in [5, 5.41) is 5.42. The van der Waals surface area contributed by atoms with Crippen molar-refractivity contribution in [3.05, 3.63) is 99.6 Å². The van der Waals surface area contributed by atoms with Crippen molar-refractivity contribution in [2.24, 2.45) is 16.5 Å². The molecule has 3 aromatic carbocycles. The average Bonchev–Trinajstić information content (AvgIpc) is 3.38. The SMILES string of the molecule is C=CCOc1ccc(C[C@H](NC(=O)[C@H](CCCN=C(N)N)NC(=O)OCC2c3ccccc3-c3cccc(I)c32)C(=O)OC)cc1. The number of nitrogens with two attached hydrogens (primary N) is 2. The monoisotopic (exact) mass is 739 g/mol. The van der Waals surface area contributed by atoms with Gasteiger partial charge in [0.1, 0.15) is 31.0 Å². The van der Waals surface area contributed by atoms with Gasteiger partial charge in [0.05, 0.1) is 7.11 Å². The maximum absolute atomic E-state index is 13.5. The Bertz CT molecular complexity index is 1570. The first-order valence-electron chi connectivity index (χ1n) is 14.8. The standard InChI is InChI=1S/C34H38IN5O6/c1-3-18-45-22-15-13-21(14-16-22)19-29(32(42)44-2)39-31(41)28(12-7-17-38-33(36)37)40-34(43)46-20-26-24-9-5-4-8-23(24)25-10-6-11-27(35)30(25)26/h3-6,8-11,13-16,26,28-29H,1,7,12,17-20H2,2H3,(H,39,41)(H,40,43)(H4,36,37,38)/t26?,28-,29-/m0/s1. The number of carbonyl (C=O) groups excluding carboxylic acids is 3. The fourth-order valence-corrected chi connectivity index (χ4v) is 6.21. The van der Waals surface area contributed by atoms with E-state index in [1.165, 1.54) is 7.11 Å². The summed E-state index contributed by atoms with van der Waals surface area (Å²) in [7, 11) is 1.25. The minimum Gasteiger partial charge on any atom is -0.490 e. The highest BCUT2D eigenvalue weighted by molar-refractivity contribution is 14.1. The molecule has 1 aliphatic carbocycles. The lowest BCUT2D eigenvalue weighted by Crippen LogP contribution is -2.52. The predicted molar refractivity (Wildman–Crippen MR) is 184 cm³/mol. The molecule has 0 heterocycles. The number of rotatable bonds is 15. The molecular weight excluding hydrogens is 701 g/mol. The third-order valence-electron chi connectivity index (χ3n) is 7.50. The number of amides is 2. The quantitative estimate of drug-likeness (QED) is 0.0453. The van der Waals surface area contributed by atoms with E-state index in [9.17, 15) is 14.4 Å². The van der Waals surface area contributed by atoms with Crippen molar-refractivity contribution in [1.29, 1.82) is 0 Å². The summed E-state index contributed by atoms with van der Waals surface area (Å²) >= 11 is 2.30. The molecule has 0 saturated heterocycles. The first kappa shape index (κ1) is 34.3. The fraction of sp³-hybridized carbons (Fsp3) is 0.294. The largest absolute Gasteiger partial charge is 0.490 e. The fourth-order valence-electron chi connectivity index (χ4n) is 5.34. The van der Waals surface area contributed by atoms with Gasteiger partial charge in [0.25, 0.3) is 0 Å². The maximum Gasteiger partial charge on any atom is 0.407 e. The Kier molecular flexibility index (Phi) is 12.4. The average molecular weight is 740 g/mol. The number of carbonyl (C=O) groups is 3. The lowest BCUT2D eigenvalue weighted by Gasteiger charge is -2.23. The van der Waals surface area contributed by atoms with Crippen molar-refractivity contribution < 1.29 is 28.6 Å². The van der Waals surface area contributed by atoms with Crippen LogP contribution in [0.25, 0.3) is 11.1 Å². The van der Waals surface area contributed by atoms with Crippen LogP contribution in [0, 0.1) is 3.57 Å². The summed E-state index contributed by atoms with van der Waals surface area (Å²) in [6, 6.07) is 19.2. The predicted octanol–water partition coefficient (Wildman–Crippen LogP) is 4.02. The van der Waals surface area contributed by atoms with Crippen molar-refractivity contribution in [1.82, 2.24) is 10.6 Å². The van der Waals surface area contributed by atoms with Gasteiger partial charge in [-0.05, 0) is 81.4 Å². The number of methoxy groups -OCH3 is 1. The maximum atomic E-state index is 13.5. The van der Waals surface area contributed by atoms with Gasteiger partial charge < -0.3 is 36.3 Å². The van der Waals surface area contributed by atoms with Crippen LogP contribution >= 0.6 is 22.6 Å². The van der Waals surface area contributed by atoms with E-state index in [2.05, 4.69) is 56.9 Å². The van der Waals surface area contributed by atoms with Gasteiger partial charge >= 0.3 is 12.1 Å². The van der Waals surface area contributed by atoms with Crippen LogP contribution in [0.4, 0.5) is 4.79 Å². The molecular formula is C34H38IN5O6. The number of benzene rings is 3. The molecule has 0 aliphatic heterocycles. The number of guanidine groups is 1. The third-order valence-corrected chi connectivity index (χ3v) is 8.44. The second-order valence-electron chi connectivity index (χ2n) is 10.6. The topological polar surface area (TPSA) is 167 Å². The highest BCUT2D eigenvalue weighted by atomic mass is 127. The molecule has 1 aliphatic rings. The number of nitrogens with zero attached hydrogens (tertiary/aromatic N) is 1. The lowest BCUT2D eigenvalue weighted by molar-refractivity contribution is -0.145. The molecule has 4 rings (SSSR count). The Morgan fingerprint density at radius 1 is 1.00 bits per heavy atom. The van der Waals surface area contributed by atoms with Crippen LogP contribution in [-0.2, 0) is 25.5 Å². The number of alkyl carbamates (subject to hydrolysis) is 1. The number of halogens is 1. The van der Waals surface area contributed by atoms with Gasteiger partial charge in [0.2, 0.25) is 5.91 Å². The van der Waals surface area contributed by atoms with Crippen LogP contribution < -0.4 is 26.8 Å². The second-order valence-corrected chi connectivity index (χ2v) is 11.8. The summed E-state index contributed by atoms with van der Waals surface area (Å²) in [6.07, 6.45) is 1.61. The van der Waals surface area contributed by atoms with Crippen molar-refractivity contribution in [3.63, 3.8) is 0 Å². The molecule has 0 aromatic heterocycles. The van der Waals surface area contributed by atoms with Crippen LogP contribution in [0.1, 0.15) is 35.4 Å². The molecule has 0 radical (unpaired) electrons. The smallest absolute Gasteiger partial charge is 0.407 e. The molecule has 1 unspecified atom stereocenters. The van der Waals surface area contributed by atoms with E-state index in [-0.39, 0.29) is 37.9 Å². The summed E-state index contributed by atoms with van der Waals surface area (Å²) in [4.78, 5) is 43.3. The van der Waals surface area contributed by atoms with E-state index in [4.69, 9.17) is 25.7 Å². The molecule has 242 valence electrons. The summed E-state index contributed by atoms with van der Waals surface area (Å²) in [5.74, 6) is -0.794. The van der Waals surface area contributed by atoms with Crippen LogP contribution in [0.15, 0.2) is 84.4 Å². The molecule has 0 bridgehead atoms. The molecule has 6 N–H and O–H groups in total. The van der Waals surface area contributed by atoms with E-state index in [1.807, 2.05) is 30.3 Å². The zero-order valence-corrected chi connectivity index (χ0v) is 27.7. The van der Waals surface area contributed by atoms with Crippen LogP contribution in [-0.4, -0.2) is 62.9 Å². The lowest BCUT2D eigenvalue weighted by atomic mass is 9.98. The Hall–Kier alpha value is -4.59. The molecule has 3 atom stereocenters. The number of hydrogen-bond acceptors (Lipinski definition) is 7. The molecule has 0 saturated carbocycles. The van der Waals surface area contributed by atoms with Crippen molar-refractivity contribution >= 4 is 46.5 Å². The van der Waals surface area contributed by atoms with Gasteiger partial charge in [-0.2, -0.15) is 0 Å². The number of aliphatic imine (C=N–C) groups is 1. The number of ether oxygens (including phenoxy) is 3. The van der Waals surface area contributed by atoms with E-state index in [1.54, 1.807) is 30.3 Å². The second kappa shape index (κ2) is 16.6. The number of esters is 1. The van der Waals surface area contributed by atoms with E-state index in [0.29, 0.717) is 18.8 Å². The summed E-state index contributed by atoms with van der Waals surface area (Å²) in [5.41, 5.74) is 16.0. The number of hydrogen-bond donors (Lipinski definition) is 4.